The fourth-order valence-corrected chi connectivity index (χ4v) is 7.81. The number of pyridine rings is 1. The summed E-state index contributed by atoms with van der Waals surface area (Å²) in [7, 11) is 1.68. The Hall–Kier alpha value is -3.26. The third kappa shape index (κ3) is 5.59. The molecule has 4 atom stereocenters. The van der Waals surface area contributed by atoms with Gasteiger partial charge in [-0.25, -0.2) is 0 Å². The van der Waals surface area contributed by atoms with Crippen LogP contribution in [0.2, 0.25) is 10.0 Å². The Bertz CT molecular complexity index is 1650. The molecule has 9 heteroatoms. The molecule has 1 N–H and O–H groups in total. The SMILES string of the molecule is COc1ccc(Cl)cc1-n1c(C)cc([C@@H]2[C@H](c3ccccn3)NC(=S)N2c2ccc(N3C[C@H](C)C[C@H](C)C3)c(Cl)c2)c1C. The molecule has 2 fully saturated rings. The number of piperidine rings is 1. The van der Waals surface area contributed by atoms with E-state index < -0.39 is 0 Å². The number of benzene rings is 2. The van der Waals surface area contributed by atoms with E-state index >= 15 is 0 Å². The monoisotopic (exact) mass is 633 g/mol. The quantitative estimate of drug-likeness (QED) is 0.215. The molecule has 2 aromatic carbocycles. The lowest BCUT2D eigenvalue weighted by atomic mass is 9.91. The predicted molar refractivity (Wildman–Crippen MR) is 181 cm³/mol. The number of aryl methyl sites for hydroxylation is 1. The highest BCUT2D eigenvalue weighted by Crippen LogP contribution is 2.46. The van der Waals surface area contributed by atoms with Gasteiger partial charge in [0.05, 0.1) is 41.3 Å². The van der Waals surface area contributed by atoms with Crippen LogP contribution >= 0.6 is 35.4 Å². The van der Waals surface area contributed by atoms with E-state index in [1.165, 1.54) is 6.42 Å². The van der Waals surface area contributed by atoms with Gasteiger partial charge in [0, 0.05) is 41.4 Å². The smallest absolute Gasteiger partial charge is 0.174 e. The van der Waals surface area contributed by atoms with Crippen molar-refractivity contribution in [1.29, 1.82) is 0 Å². The second-order valence-electron chi connectivity index (χ2n) is 12.0. The number of halogens is 2. The lowest BCUT2D eigenvalue weighted by molar-refractivity contribution is 0.357. The van der Waals surface area contributed by atoms with Gasteiger partial charge in [-0.1, -0.05) is 43.1 Å². The number of thiocarbonyl (C=S) groups is 1. The lowest BCUT2D eigenvalue weighted by Gasteiger charge is -2.37. The molecule has 0 saturated carbocycles. The summed E-state index contributed by atoms with van der Waals surface area (Å²) in [4.78, 5) is 9.35. The van der Waals surface area contributed by atoms with Crippen LogP contribution in [0, 0.1) is 25.7 Å². The van der Waals surface area contributed by atoms with Crippen molar-refractivity contribution >= 4 is 51.9 Å². The molecule has 0 bridgehead atoms. The molecule has 224 valence electrons. The topological polar surface area (TPSA) is 45.6 Å². The second-order valence-corrected chi connectivity index (χ2v) is 13.2. The molecule has 2 aromatic heterocycles. The Balaban J connectivity index is 1.46. The van der Waals surface area contributed by atoms with Crippen LogP contribution in [0.25, 0.3) is 5.69 Å². The Kier molecular flexibility index (Phi) is 8.33. The molecule has 4 heterocycles. The average Bonchev–Trinajstić information content (AvgIpc) is 3.47. The summed E-state index contributed by atoms with van der Waals surface area (Å²) in [6, 6.07) is 19.9. The van der Waals surface area contributed by atoms with Gasteiger partial charge in [0.1, 0.15) is 5.75 Å². The number of nitrogens with one attached hydrogen (secondary N) is 1. The van der Waals surface area contributed by atoms with Crippen molar-refractivity contribution in [2.75, 3.05) is 30.0 Å². The van der Waals surface area contributed by atoms with Gasteiger partial charge in [-0.05, 0) is 104 Å². The van der Waals surface area contributed by atoms with Gasteiger partial charge < -0.3 is 24.4 Å². The van der Waals surface area contributed by atoms with Crippen molar-refractivity contribution in [2.24, 2.45) is 11.8 Å². The van der Waals surface area contributed by atoms with Crippen LogP contribution in [0.3, 0.4) is 0 Å². The van der Waals surface area contributed by atoms with Crippen molar-refractivity contribution in [2.45, 2.75) is 46.2 Å². The number of anilines is 2. The number of methoxy groups -OCH3 is 1. The third-order valence-electron chi connectivity index (χ3n) is 8.69. The molecule has 0 radical (unpaired) electrons. The fraction of sp³-hybridized carbons (Fsp3) is 0.353. The Morgan fingerprint density at radius 2 is 1.72 bits per heavy atom. The first kappa shape index (κ1) is 29.8. The Morgan fingerprint density at radius 3 is 2.40 bits per heavy atom. The van der Waals surface area contributed by atoms with Gasteiger partial charge >= 0.3 is 0 Å². The normalized spacial score (nSPS) is 22.2. The molecular weight excluding hydrogens is 597 g/mol. The minimum atomic E-state index is -0.176. The van der Waals surface area contributed by atoms with E-state index in [9.17, 15) is 0 Å². The van der Waals surface area contributed by atoms with E-state index in [0.717, 1.165) is 63.6 Å². The van der Waals surface area contributed by atoms with Crippen molar-refractivity contribution in [3.63, 3.8) is 0 Å². The van der Waals surface area contributed by atoms with Crippen molar-refractivity contribution in [3.8, 4) is 11.4 Å². The third-order valence-corrected chi connectivity index (χ3v) is 9.54. The fourth-order valence-electron chi connectivity index (χ4n) is 7.01. The highest BCUT2D eigenvalue weighted by molar-refractivity contribution is 7.80. The number of hydrogen-bond donors (Lipinski definition) is 1. The molecule has 6 nitrogen and oxygen atoms in total. The number of hydrogen-bond acceptors (Lipinski definition) is 4. The van der Waals surface area contributed by atoms with E-state index in [-0.39, 0.29) is 12.1 Å². The van der Waals surface area contributed by atoms with Gasteiger partial charge in [-0.2, -0.15) is 0 Å². The van der Waals surface area contributed by atoms with E-state index in [2.05, 4.69) is 71.6 Å². The minimum Gasteiger partial charge on any atom is -0.495 e. The summed E-state index contributed by atoms with van der Waals surface area (Å²) < 4.78 is 7.93. The van der Waals surface area contributed by atoms with Crippen LogP contribution in [0.1, 0.15) is 55.0 Å². The molecule has 4 aromatic rings. The first-order valence-corrected chi connectivity index (χ1v) is 15.9. The largest absolute Gasteiger partial charge is 0.495 e. The molecule has 0 amide bonds. The Labute approximate surface area is 269 Å². The van der Waals surface area contributed by atoms with Crippen LogP contribution < -0.4 is 19.9 Å². The van der Waals surface area contributed by atoms with E-state index in [1.54, 1.807) is 7.11 Å². The van der Waals surface area contributed by atoms with Crippen LogP contribution in [-0.4, -0.2) is 34.9 Å². The summed E-state index contributed by atoms with van der Waals surface area (Å²) >= 11 is 19.5. The van der Waals surface area contributed by atoms with Crippen LogP contribution in [0.5, 0.6) is 5.75 Å². The molecule has 43 heavy (non-hydrogen) atoms. The maximum atomic E-state index is 7.05. The number of rotatable bonds is 6. The van der Waals surface area contributed by atoms with E-state index in [4.69, 9.17) is 45.1 Å². The van der Waals surface area contributed by atoms with Gasteiger partial charge in [-0.15, -0.1) is 0 Å². The molecular formula is C34H37Cl2N5OS. The number of aromatic nitrogens is 2. The zero-order valence-electron chi connectivity index (χ0n) is 25.1. The van der Waals surface area contributed by atoms with Crippen LogP contribution in [0.4, 0.5) is 11.4 Å². The molecule has 0 spiro atoms. The zero-order valence-corrected chi connectivity index (χ0v) is 27.5. The summed E-state index contributed by atoms with van der Waals surface area (Å²) in [5.74, 6) is 2.01. The summed E-state index contributed by atoms with van der Waals surface area (Å²) in [5, 5.41) is 5.60. The van der Waals surface area contributed by atoms with E-state index in [0.29, 0.717) is 22.0 Å². The van der Waals surface area contributed by atoms with Crippen molar-refractivity contribution < 1.29 is 4.74 Å². The predicted octanol–water partition coefficient (Wildman–Crippen LogP) is 8.46. The van der Waals surface area contributed by atoms with Crippen LogP contribution in [-0.2, 0) is 0 Å². The highest BCUT2D eigenvalue weighted by atomic mass is 35.5. The number of nitrogens with zero attached hydrogens (tertiary/aromatic N) is 4. The number of ether oxygens (including phenoxy) is 1. The van der Waals surface area contributed by atoms with E-state index in [1.807, 2.05) is 42.6 Å². The lowest BCUT2D eigenvalue weighted by Crippen LogP contribution is -2.38. The first-order valence-electron chi connectivity index (χ1n) is 14.7. The maximum Gasteiger partial charge on any atom is 0.174 e. The Morgan fingerprint density at radius 1 is 0.953 bits per heavy atom. The standard InChI is InChI=1S/C34H37Cl2N5OS/c1-20-14-21(2)19-39(18-20)29-11-10-25(17-27(29)36)41-33(32(38-34(41)43)28-8-6-7-13-37-28)26-15-22(3)40(23(26)4)30-16-24(35)9-12-31(30)42-5/h6-13,15-17,20-21,32-33H,14,18-19H2,1-5H3,(H,38,43)/t20-,21+,32-,33+/m0/s1. The average molecular weight is 635 g/mol. The van der Waals surface area contributed by atoms with Crippen molar-refractivity contribution in [1.82, 2.24) is 14.9 Å². The first-order chi connectivity index (χ1) is 20.7. The summed E-state index contributed by atoms with van der Waals surface area (Å²) in [5.41, 5.74) is 7.08. The molecule has 6 rings (SSSR count). The van der Waals surface area contributed by atoms with Gasteiger partial charge in [-0.3, -0.25) is 4.98 Å². The van der Waals surface area contributed by atoms with Gasteiger partial charge in [0.25, 0.3) is 0 Å². The van der Waals surface area contributed by atoms with Gasteiger partial charge in [0.15, 0.2) is 5.11 Å². The molecule has 0 aliphatic carbocycles. The molecule has 0 unspecified atom stereocenters. The van der Waals surface area contributed by atoms with Gasteiger partial charge in [0.2, 0.25) is 0 Å². The molecule has 2 aliphatic rings. The summed E-state index contributed by atoms with van der Waals surface area (Å²) in [6.07, 6.45) is 3.07. The highest BCUT2D eigenvalue weighted by Gasteiger charge is 2.42. The maximum absolute atomic E-state index is 7.05. The van der Waals surface area contributed by atoms with Crippen molar-refractivity contribution in [3.05, 3.63) is 99.6 Å². The second kappa shape index (κ2) is 12.0. The molecule has 2 aliphatic heterocycles. The van der Waals surface area contributed by atoms with Crippen LogP contribution in [0.15, 0.2) is 66.9 Å². The zero-order chi connectivity index (χ0) is 30.4. The minimum absolute atomic E-state index is 0.175. The molecule has 2 saturated heterocycles. The summed E-state index contributed by atoms with van der Waals surface area (Å²) in [6.45, 7) is 10.9.